The van der Waals surface area contributed by atoms with Crippen LogP contribution in [0.5, 0.6) is 0 Å². The molecule has 1 aromatic heterocycles. The van der Waals surface area contributed by atoms with Crippen molar-refractivity contribution in [3.63, 3.8) is 0 Å². The molecular weight excluding hydrogens is 457 g/mol. The lowest BCUT2D eigenvalue weighted by Crippen LogP contribution is -2.34. The average Bonchev–Trinajstić information content (AvgIpc) is 3.40. The van der Waals surface area contributed by atoms with Gasteiger partial charge in [-0.2, -0.15) is 0 Å². The first-order valence-corrected chi connectivity index (χ1v) is 11.2. The fourth-order valence-electron chi connectivity index (χ4n) is 3.34. The van der Waals surface area contributed by atoms with Crippen molar-refractivity contribution in [3.05, 3.63) is 68.1 Å². The topological polar surface area (TPSA) is 87.2 Å². The summed E-state index contributed by atoms with van der Waals surface area (Å²) in [7, 11) is 0. The Kier molecular flexibility index (Phi) is 6.41. The number of anilines is 2. The molecule has 0 spiro atoms. The van der Waals surface area contributed by atoms with E-state index in [0.717, 1.165) is 18.4 Å². The molecule has 3 amide bonds. The number of rotatable bonds is 4. The Morgan fingerprint density at radius 3 is 2.68 bits per heavy atom. The number of likely N-dealkylation sites (tertiary alicyclic amines) is 1. The van der Waals surface area contributed by atoms with Gasteiger partial charge in [0.05, 0.1) is 6.04 Å². The smallest absolute Gasteiger partial charge is 0.320 e. The summed E-state index contributed by atoms with van der Waals surface area (Å²) in [6.45, 7) is 2.50. The van der Waals surface area contributed by atoms with Crippen molar-refractivity contribution in [1.82, 2.24) is 15.1 Å². The van der Waals surface area contributed by atoms with Crippen LogP contribution >= 0.6 is 34.5 Å². The standard InChI is InChI=1S/C21H19Cl2N5O2S/c1-12-7-8-15(11-16(12)23)25-21(30)28-9-3-6-17(28)19-26-27-20(31-19)18(29)24-14-5-2-4-13(22)10-14/h2,4-5,7-8,10-11,17H,3,6,9H2,1H3,(H,24,29)(H,25,30)/t17-/m1/s1. The molecule has 2 N–H and O–H groups in total. The van der Waals surface area contributed by atoms with Gasteiger partial charge in [0.1, 0.15) is 5.01 Å². The molecule has 0 aliphatic carbocycles. The van der Waals surface area contributed by atoms with Crippen molar-refractivity contribution in [2.24, 2.45) is 0 Å². The largest absolute Gasteiger partial charge is 0.322 e. The van der Waals surface area contributed by atoms with Gasteiger partial charge >= 0.3 is 6.03 Å². The zero-order valence-electron chi connectivity index (χ0n) is 16.6. The van der Waals surface area contributed by atoms with Crippen LogP contribution in [0.1, 0.15) is 39.3 Å². The molecule has 2 heterocycles. The fraction of sp³-hybridized carbons (Fsp3) is 0.238. The maximum Gasteiger partial charge on any atom is 0.322 e. The number of aromatic nitrogens is 2. The van der Waals surface area contributed by atoms with Gasteiger partial charge in [0.2, 0.25) is 5.01 Å². The summed E-state index contributed by atoms with van der Waals surface area (Å²) in [6, 6.07) is 11.8. The monoisotopic (exact) mass is 475 g/mol. The lowest BCUT2D eigenvalue weighted by Gasteiger charge is -2.23. The number of aryl methyl sites for hydroxylation is 1. The van der Waals surface area contributed by atoms with Gasteiger partial charge in [0.25, 0.3) is 5.91 Å². The van der Waals surface area contributed by atoms with E-state index in [1.807, 2.05) is 19.1 Å². The second-order valence-corrected chi connectivity index (χ2v) is 9.01. The number of amides is 3. The number of nitrogens with one attached hydrogen (secondary N) is 2. The predicted octanol–water partition coefficient (Wildman–Crippen LogP) is 5.77. The highest BCUT2D eigenvalue weighted by molar-refractivity contribution is 7.13. The quantitative estimate of drug-likeness (QED) is 0.500. The first-order chi connectivity index (χ1) is 14.9. The van der Waals surface area contributed by atoms with Crippen LogP contribution in [0.4, 0.5) is 16.2 Å². The molecule has 1 fully saturated rings. The lowest BCUT2D eigenvalue weighted by atomic mass is 10.2. The molecule has 0 bridgehead atoms. The second kappa shape index (κ2) is 9.21. The van der Waals surface area contributed by atoms with E-state index in [0.29, 0.717) is 33.0 Å². The third-order valence-electron chi connectivity index (χ3n) is 4.94. The molecule has 31 heavy (non-hydrogen) atoms. The van der Waals surface area contributed by atoms with Crippen molar-refractivity contribution >= 4 is 57.9 Å². The predicted molar refractivity (Wildman–Crippen MR) is 123 cm³/mol. The van der Waals surface area contributed by atoms with Crippen molar-refractivity contribution < 1.29 is 9.59 Å². The molecule has 10 heteroatoms. The van der Waals surface area contributed by atoms with Crippen molar-refractivity contribution in [2.75, 3.05) is 17.2 Å². The average molecular weight is 476 g/mol. The van der Waals surface area contributed by atoms with Crippen molar-refractivity contribution in [2.45, 2.75) is 25.8 Å². The minimum Gasteiger partial charge on any atom is -0.320 e. The van der Waals surface area contributed by atoms with Crippen LogP contribution < -0.4 is 10.6 Å². The van der Waals surface area contributed by atoms with Gasteiger partial charge in [-0.05, 0) is 55.7 Å². The molecule has 1 aliphatic rings. The first kappa shape index (κ1) is 21.5. The van der Waals surface area contributed by atoms with Gasteiger partial charge < -0.3 is 15.5 Å². The van der Waals surface area contributed by atoms with Gasteiger partial charge in [0, 0.05) is 28.0 Å². The molecule has 2 aromatic carbocycles. The molecule has 1 atom stereocenters. The third kappa shape index (κ3) is 4.98. The SMILES string of the molecule is Cc1ccc(NC(=O)N2CCC[C@@H]2c2nnc(C(=O)Nc3cccc(Cl)c3)s2)cc1Cl. The fourth-order valence-corrected chi connectivity index (χ4v) is 4.60. The summed E-state index contributed by atoms with van der Waals surface area (Å²) in [6.07, 6.45) is 1.60. The number of urea groups is 1. The highest BCUT2D eigenvalue weighted by atomic mass is 35.5. The molecule has 0 unspecified atom stereocenters. The molecule has 7 nitrogen and oxygen atoms in total. The Morgan fingerprint density at radius 2 is 1.90 bits per heavy atom. The van der Waals surface area contributed by atoms with E-state index in [1.165, 1.54) is 11.3 Å². The van der Waals surface area contributed by atoms with Crippen molar-refractivity contribution in [1.29, 1.82) is 0 Å². The highest BCUT2D eigenvalue weighted by Gasteiger charge is 2.33. The van der Waals surface area contributed by atoms with Gasteiger partial charge in [-0.1, -0.05) is 46.7 Å². The van der Waals surface area contributed by atoms with Crippen LogP contribution in [-0.4, -0.2) is 33.6 Å². The van der Waals surface area contributed by atoms with E-state index < -0.39 is 0 Å². The molecule has 1 saturated heterocycles. The maximum atomic E-state index is 12.8. The van der Waals surface area contributed by atoms with Crippen LogP contribution in [0, 0.1) is 6.92 Å². The normalized spacial score (nSPS) is 15.7. The van der Waals surface area contributed by atoms with Gasteiger partial charge in [0.15, 0.2) is 0 Å². The number of nitrogens with zero attached hydrogens (tertiary/aromatic N) is 3. The number of carbonyl (C=O) groups is 2. The molecule has 0 radical (unpaired) electrons. The minimum absolute atomic E-state index is 0.229. The highest BCUT2D eigenvalue weighted by Crippen LogP contribution is 2.34. The van der Waals surface area contributed by atoms with Gasteiger partial charge in [-0.3, -0.25) is 4.79 Å². The van der Waals surface area contributed by atoms with Gasteiger partial charge in [-0.15, -0.1) is 10.2 Å². The Hall–Kier alpha value is -2.68. The van der Waals surface area contributed by atoms with Crippen molar-refractivity contribution in [3.8, 4) is 0 Å². The molecule has 4 rings (SSSR count). The summed E-state index contributed by atoms with van der Waals surface area (Å²) in [5.74, 6) is -0.366. The van der Waals surface area contributed by atoms with Gasteiger partial charge in [-0.25, -0.2) is 4.79 Å². The van der Waals surface area contributed by atoms with Crippen LogP contribution in [0.2, 0.25) is 10.0 Å². The maximum absolute atomic E-state index is 12.8. The van der Waals surface area contributed by atoms with Crippen LogP contribution in [-0.2, 0) is 0 Å². The molecular formula is C21H19Cl2N5O2S. The summed E-state index contributed by atoms with van der Waals surface area (Å²) in [5.41, 5.74) is 2.15. The molecule has 1 aliphatic heterocycles. The second-order valence-electron chi connectivity index (χ2n) is 7.16. The lowest BCUT2D eigenvalue weighted by molar-refractivity contribution is 0.102. The molecule has 3 aromatic rings. The Labute approximate surface area is 193 Å². The summed E-state index contributed by atoms with van der Waals surface area (Å²) in [4.78, 5) is 27.1. The van der Waals surface area contributed by atoms with E-state index in [2.05, 4.69) is 20.8 Å². The summed E-state index contributed by atoms with van der Waals surface area (Å²) < 4.78 is 0. The third-order valence-corrected chi connectivity index (χ3v) is 6.60. The summed E-state index contributed by atoms with van der Waals surface area (Å²) >= 11 is 13.3. The van der Waals surface area contributed by atoms with E-state index in [1.54, 1.807) is 35.2 Å². The minimum atomic E-state index is -0.366. The Balaban J connectivity index is 1.45. The van der Waals surface area contributed by atoms with Crippen LogP contribution in [0.3, 0.4) is 0 Å². The number of benzene rings is 2. The molecule has 0 saturated carbocycles. The zero-order chi connectivity index (χ0) is 22.0. The number of halogens is 2. The van der Waals surface area contributed by atoms with E-state index >= 15 is 0 Å². The number of hydrogen-bond donors (Lipinski definition) is 2. The number of hydrogen-bond acceptors (Lipinski definition) is 5. The first-order valence-electron chi connectivity index (χ1n) is 9.65. The van der Waals surface area contributed by atoms with Crippen LogP contribution in [0.25, 0.3) is 0 Å². The zero-order valence-corrected chi connectivity index (χ0v) is 18.9. The van der Waals surface area contributed by atoms with E-state index in [4.69, 9.17) is 23.2 Å². The van der Waals surface area contributed by atoms with Crippen LogP contribution in [0.15, 0.2) is 42.5 Å². The summed E-state index contributed by atoms with van der Waals surface area (Å²) in [5, 5.41) is 15.8. The van der Waals surface area contributed by atoms with E-state index in [-0.39, 0.29) is 23.0 Å². The molecule has 160 valence electrons. The Bertz CT molecular complexity index is 1140. The number of carbonyl (C=O) groups excluding carboxylic acids is 2. The Morgan fingerprint density at radius 1 is 1.10 bits per heavy atom. The van der Waals surface area contributed by atoms with E-state index in [9.17, 15) is 9.59 Å².